The van der Waals surface area contributed by atoms with Gasteiger partial charge in [0.15, 0.2) is 6.10 Å². The predicted molar refractivity (Wildman–Crippen MR) is 118 cm³/mol. The lowest BCUT2D eigenvalue weighted by Gasteiger charge is -2.29. The number of carbonyl (C=O) groups is 1. The Kier molecular flexibility index (Phi) is 6.84. The van der Waals surface area contributed by atoms with Crippen molar-refractivity contribution in [2.45, 2.75) is 13.0 Å². The van der Waals surface area contributed by atoms with Crippen molar-refractivity contribution in [3.63, 3.8) is 0 Å². The number of morpholine rings is 1. The molecule has 0 saturated carbocycles. The molecule has 1 atom stereocenters. The monoisotopic (exact) mass is 433 g/mol. The van der Waals surface area contributed by atoms with Crippen LogP contribution >= 0.6 is 0 Å². The van der Waals surface area contributed by atoms with Crippen molar-refractivity contribution in [3.8, 4) is 5.75 Å². The first-order chi connectivity index (χ1) is 14.2. The van der Waals surface area contributed by atoms with Crippen LogP contribution < -0.4 is 19.3 Å². The topological polar surface area (TPSA) is 88.2 Å². The maximum Gasteiger partial charge on any atom is 0.265 e. The van der Waals surface area contributed by atoms with Gasteiger partial charge in [-0.1, -0.05) is 0 Å². The fourth-order valence-electron chi connectivity index (χ4n) is 3.00. The van der Waals surface area contributed by atoms with Crippen LogP contribution in [0.25, 0.3) is 0 Å². The van der Waals surface area contributed by atoms with Crippen molar-refractivity contribution < 1.29 is 22.7 Å². The second-order valence-corrected chi connectivity index (χ2v) is 9.13. The van der Waals surface area contributed by atoms with E-state index in [1.165, 1.54) is 11.4 Å². The van der Waals surface area contributed by atoms with Crippen molar-refractivity contribution in [1.29, 1.82) is 0 Å². The molecular weight excluding hydrogens is 406 g/mol. The van der Waals surface area contributed by atoms with Crippen molar-refractivity contribution in [2.75, 3.05) is 54.1 Å². The number of nitrogens with zero attached hydrogens (tertiary/aromatic N) is 2. The molecule has 30 heavy (non-hydrogen) atoms. The number of anilines is 3. The number of nitrogens with one attached hydrogen (secondary N) is 1. The Morgan fingerprint density at radius 2 is 1.70 bits per heavy atom. The number of rotatable bonds is 7. The molecular formula is C21H27N3O5S. The molecule has 1 aliphatic heterocycles. The van der Waals surface area contributed by atoms with E-state index in [0.29, 0.717) is 17.1 Å². The zero-order valence-corrected chi connectivity index (χ0v) is 18.2. The molecule has 1 heterocycles. The maximum absolute atomic E-state index is 12.5. The Labute approximate surface area is 177 Å². The Morgan fingerprint density at radius 3 is 2.27 bits per heavy atom. The number of carbonyl (C=O) groups excluding carboxylic acids is 1. The molecule has 162 valence electrons. The molecule has 9 heteroatoms. The Morgan fingerprint density at radius 1 is 1.10 bits per heavy atom. The van der Waals surface area contributed by atoms with Crippen molar-refractivity contribution in [1.82, 2.24) is 0 Å². The van der Waals surface area contributed by atoms with Crippen LogP contribution in [0.3, 0.4) is 0 Å². The minimum Gasteiger partial charge on any atom is -0.481 e. The van der Waals surface area contributed by atoms with Gasteiger partial charge in [-0.25, -0.2) is 8.42 Å². The molecule has 3 rings (SSSR count). The number of amides is 1. The lowest BCUT2D eigenvalue weighted by molar-refractivity contribution is -0.122. The molecule has 1 amide bonds. The highest BCUT2D eigenvalue weighted by atomic mass is 32.2. The van der Waals surface area contributed by atoms with Crippen molar-refractivity contribution in [2.24, 2.45) is 0 Å². The summed E-state index contributed by atoms with van der Waals surface area (Å²) in [7, 11) is -1.85. The number of benzene rings is 2. The van der Waals surface area contributed by atoms with E-state index in [4.69, 9.17) is 9.47 Å². The first-order valence-corrected chi connectivity index (χ1v) is 11.5. The van der Waals surface area contributed by atoms with Gasteiger partial charge in [0.2, 0.25) is 10.0 Å². The summed E-state index contributed by atoms with van der Waals surface area (Å²) < 4.78 is 35.4. The van der Waals surface area contributed by atoms with Gasteiger partial charge in [-0.15, -0.1) is 0 Å². The van der Waals surface area contributed by atoms with Crippen molar-refractivity contribution in [3.05, 3.63) is 48.5 Å². The molecule has 2 aromatic rings. The number of hydrogen-bond donors (Lipinski definition) is 1. The highest BCUT2D eigenvalue weighted by molar-refractivity contribution is 7.92. The summed E-state index contributed by atoms with van der Waals surface area (Å²) in [5.74, 6) is 0.206. The van der Waals surface area contributed by atoms with E-state index in [-0.39, 0.29) is 5.91 Å². The smallest absolute Gasteiger partial charge is 0.265 e. The first-order valence-electron chi connectivity index (χ1n) is 9.68. The van der Waals surface area contributed by atoms with Gasteiger partial charge in [0.25, 0.3) is 5.91 Å². The number of hydrogen-bond acceptors (Lipinski definition) is 6. The normalized spacial score (nSPS) is 15.4. The molecule has 0 aromatic heterocycles. The van der Waals surface area contributed by atoms with E-state index in [0.717, 1.165) is 38.2 Å². The molecule has 1 N–H and O–H groups in total. The summed E-state index contributed by atoms with van der Waals surface area (Å²) in [5.41, 5.74) is 2.31. The van der Waals surface area contributed by atoms with Crippen LogP contribution in [0.5, 0.6) is 5.75 Å². The average molecular weight is 434 g/mol. The highest BCUT2D eigenvalue weighted by Gasteiger charge is 2.17. The van der Waals surface area contributed by atoms with Gasteiger partial charge in [-0.2, -0.15) is 0 Å². The predicted octanol–water partition coefficient (Wildman–Crippen LogP) is 2.33. The van der Waals surface area contributed by atoms with Crippen LogP contribution in [0.15, 0.2) is 48.5 Å². The first kappa shape index (κ1) is 21.9. The minimum atomic E-state index is -3.33. The quantitative estimate of drug-likeness (QED) is 0.721. The fraction of sp³-hybridized carbons (Fsp3) is 0.381. The highest BCUT2D eigenvalue weighted by Crippen LogP contribution is 2.22. The summed E-state index contributed by atoms with van der Waals surface area (Å²) in [6.45, 7) is 4.82. The number of ether oxygens (including phenoxy) is 2. The molecule has 0 radical (unpaired) electrons. The molecule has 8 nitrogen and oxygen atoms in total. The Hall–Kier alpha value is -2.78. The van der Waals surface area contributed by atoms with E-state index < -0.39 is 16.1 Å². The lowest BCUT2D eigenvalue weighted by atomic mass is 10.2. The molecule has 1 fully saturated rings. The second-order valence-electron chi connectivity index (χ2n) is 7.12. The second kappa shape index (κ2) is 9.36. The third-order valence-electron chi connectivity index (χ3n) is 4.89. The Balaban J connectivity index is 1.55. The van der Waals surface area contributed by atoms with E-state index >= 15 is 0 Å². The van der Waals surface area contributed by atoms with Crippen LogP contribution in [-0.2, 0) is 19.6 Å². The molecule has 1 saturated heterocycles. The van der Waals surface area contributed by atoms with Gasteiger partial charge in [0.1, 0.15) is 5.75 Å². The summed E-state index contributed by atoms with van der Waals surface area (Å²) in [6.07, 6.45) is 0.416. The number of sulfonamides is 1. The van der Waals surface area contributed by atoms with E-state index in [9.17, 15) is 13.2 Å². The molecule has 0 aliphatic carbocycles. The van der Waals surface area contributed by atoms with Gasteiger partial charge in [0.05, 0.1) is 25.2 Å². The SMILES string of the molecule is C[C@@H](Oc1ccc(N(C)S(C)(=O)=O)cc1)C(=O)Nc1ccc(N2CCOCC2)cc1. The molecule has 0 bridgehead atoms. The summed E-state index contributed by atoms with van der Waals surface area (Å²) in [4.78, 5) is 14.7. The zero-order valence-electron chi connectivity index (χ0n) is 17.4. The average Bonchev–Trinajstić information content (AvgIpc) is 2.74. The van der Waals surface area contributed by atoms with Crippen LogP contribution in [0.1, 0.15) is 6.92 Å². The standard InChI is InChI=1S/C21H27N3O5S/c1-16(29-20-10-8-18(9-11-20)23(2)30(3,26)27)21(25)22-17-4-6-19(7-5-17)24-12-14-28-15-13-24/h4-11,16H,12-15H2,1-3H3,(H,22,25)/t16-/m1/s1. The fourth-order valence-corrected chi connectivity index (χ4v) is 3.51. The molecule has 1 aliphatic rings. The van der Waals surface area contributed by atoms with Gasteiger partial charge in [-0.3, -0.25) is 9.10 Å². The van der Waals surface area contributed by atoms with Crippen LogP contribution in [0.4, 0.5) is 17.1 Å². The van der Waals surface area contributed by atoms with E-state index in [1.54, 1.807) is 31.2 Å². The van der Waals surface area contributed by atoms with Crippen molar-refractivity contribution >= 4 is 33.0 Å². The minimum absolute atomic E-state index is 0.272. The molecule has 2 aromatic carbocycles. The zero-order chi connectivity index (χ0) is 21.7. The maximum atomic E-state index is 12.5. The Bertz CT molecular complexity index is 955. The lowest BCUT2D eigenvalue weighted by Crippen LogP contribution is -2.36. The molecule has 0 spiro atoms. The van der Waals surface area contributed by atoms with Gasteiger partial charge >= 0.3 is 0 Å². The van der Waals surface area contributed by atoms with Gasteiger partial charge < -0.3 is 19.7 Å². The van der Waals surface area contributed by atoms with E-state index in [2.05, 4.69) is 10.2 Å². The third-order valence-corrected chi connectivity index (χ3v) is 6.10. The summed E-state index contributed by atoms with van der Waals surface area (Å²) in [6, 6.07) is 14.2. The van der Waals surface area contributed by atoms with Crippen LogP contribution in [-0.4, -0.2) is 60.0 Å². The molecule has 0 unspecified atom stereocenters. The summed E-state index contributed by atoms with van der Waals surface area (Å²) >= 11 is 0. The van der Waals surface area contributed by atoms with Gasteiger partial charge in [-0.05, 0) is 55.5 Å². The van der Waals surface area contributed by atoms with Crippen LogP contribution in [0, 0.1) is 0 Å². The van der Waals surface area contributed by atoms with Crippen LogP contribution in [0.2, 0.25) is 0 Å². The third kappa shape index (κ3) is 5.64. The van der Waals surface area contributed by atoms with E-state index in [1.807, 2.05) is 24.3 Å². The summed E-state index contributed by atoms with van der Waals surface area (Å²) in [5, 5.41) is 2.85. The largest absolute Gasteiger partial charge is 0.481 e. The van der Waals surface area contributed by atoms with Gasteiger partial charge in [0, 0.05) is 31.5 Å².